The zero-order chi connectivity index (χ0) is 21.1. The Morgan fingerprint density at radius 2 is 1.90 bits per heavy atom. The third-order valence-corrected chi connectivity index (χ3v) is 5.17. The Kier molecular flexibility index (Phi) is 5.40. The second kappa shape index (κ2) is 8.29. The number of carbonyl (C=O) groups is 1. The molecule has 4 rings (SSSR count). The Morgan fingerprint density at radius 3 is 2.70 bits per heavy atom. The van der Waals surface area contributed by atoms with Crippen molar-refractivity contribution in [3.05, 3.63) is 85.2 Å². The van der Waals surface area contributed by atoms with Gasteiger partial charge < -0.3 is 14.5 Å². The van der Waals surface area contributed by atoms with Crippen LogP contribution in [0.1, 0.15) is 12.5 Å². The minimum absolute atomic E-state index is 0.170. The summed E-state index contributed by atoms with van der Waals surface area (Å²) >= 11 is 0. The van der Waals surface area contributed by atoms with Gasteiger partial charge in [-0.25, -0.2) is 0 Å². The number of hydrogen-bond acceptors (Lipinski definition) is 3. The molecule has 0 fully saturated rings. The molecule has 0 saturated carbocycles. The van der Waals surface area contributed by atoms with Crippen LogP contribution in [0.3, 0.4) is 0 Å². The lowest BCUT2D eigenvalue weighted by Gasteiger charge is -2.10. The first kappa shape index (κ1) is 19.5. The molecule has 1 N–H and O–H groups in total. The van der Waals surface area contributed by atoms with Crippen LogP contribution in [0.25, 0.3) is 38.4 Å². The largest absolute Gasteiger partial charge is 0.496 e. The maximum atomic E-state index is 12.1. The fraction of sp³-hybridized carbons (Fsp3) is 0.115. The number of allylic oxidation sites excluding steroid dienone is 1. The number of amides is 1. The van der Waals surface area contributed by atoms with E-state index >= 15 is 0 Å². The molecule has 0 bridgehead atoms. The molecule has 4 aromatic rings. The van der Waals surface area contributed by atoms with Gasteiger partial charge in [0.2, 0.25) is 5.91 Å². The Morgan fingerprint density at radius 1 is 1.10 bits per heavy atom. The van der Waals surface area contributed by atoms with Crippen molar-refractivity contribution in [2.24, 2.45) is 0 Å². The summed E-state index contributed by atoms with van der Waals surface area (Å²) in [4.78, 5) is 12.1. The number of methoxy groups -OCH3 is 1. The maximum Gasteiger partial charge on any atom is 0.244 e. The smallest absolute Gasteiger partial charge is 0.244 e. The molecule has 0 radical (unpaired) electrons. The number of benzene rings is 3. The van der Waals surface area contributed by atoms with Gasteiger partial charge in [0.25, 0.3) is 0 Å². The zero-order valence-electron chi connectivity index (χ0n) is 17.1. The van der Waals surface area contributed by atoms with E-state index in [1.54, 1.807) is 25.5 Å². The molecule has 1 heterocycles. The topological polar surface area (TPSA) is 51.5 Å². The summed E-state index contributed by atoms with van der Waals surface area (Å²) in [5, 5.41) is 6.08. The molecule has 3 aromatic carbocycles. The number of hydrogen-bond donors (Lipinski definition) is 1. The van der Waals surface area contributed by atoms with E-state index in [9.17, 15) is 4.79 Å². The summed E-state index contributed by atoms with van der Waals surface area (Å²) in [6.07, 6.45) is 5.01. The van der Waals surface area contributed by atoms with Crippen molar-refractivity contribution in [1.82, 2.24) is 5.32 Å². The number of ether oxygens (including phenoxy) is 1. The molecule has 0 aliphatic carbocycles. The molecule has 0 atom stereocenters. The lowest BCUT2D eigenvalue weighted by Crippen LogP contribution is -2.20. The molecule has 0 aliphatic rings. The SMILES string of the molecule is C=CCNC(=O)/C=C(\C)c1cc2c(-c3cccc4ccccc34)coc2cc1OC. The fourth-order valence-corrected chi connectivity index (χ4v) is 3.70. The van der Waals surface area contributed by atoms with E-state index in [-0.39, 0.29) is 5.91 Å². The highest BCUT2D eigenvalue weighted by molar-refractivity contribution is 6.06. The van der Waals surface area contributed by atoms with Crippen LogP contribution in [-0.2, 0) is 4.79 Å². The van der Waals surface area contributed by atoms with Gasteiger partial charge in [-0.1, -0.05) is 48.5 Å². The molecule has 150 valence electrons. The molecule has 1 amide bonds. The quantitative estimate of drug-likeness (QED) is 0.322. The van der Waals surface area contributed by atoms with Crippen molar-refractivity contribution in [1.29, 1.82) is 0 Å². The van der Waals surface area contributed by atoms with Crippen LogP contribution in [0, 0.1) is 0 Å². The molecule has 0 saturated heterocycles. The van der Waals surface area contributed by atoms with Gasteiger partial charge in [-0.05, 0) is 34.9 Å². The van der Waals surface area contributed by atoms with Crippen LogP contribution in [0.5, 0.6) is 5.75 Å². The molecule has 4 heteroatoms. The van der Waals surface area contributed by atoms with E-state index in [4.69, 9.17) is 9.15 Å². The summed E-state index contributed by atoms with van der Waals surface area (Å²) in [5.74, 6) is 0.489. The standard InChI is InChI=1S/C26H23NO3/c1-4-12-27-26(28)13-17(2)21-14-22-23(16-30-25(22)15-24(21)29-3)20-11-7-9-18-8-5-6-10-19(18)20/h4-11,13-16H,1,12H2,2-3H3,(H,27,28)/b17-13+. The van der Waals surface area contributed by atoms with Crippen molar-refractivity contribution >= 4 is 33.2 Å². The number of fused-ring (bicyclic) bond motifs is 2. The second-order valence-electron chi connectivity index (χ2n) is 7.09. The monoisotopic (exact) mass is 397 g/mol. The average Bonchev–Trinajstić information content (AvgIpc) is 3.19. The molecule has 30 heavy (non-hydrogen) atoms. The Labute approximate surface area is 175 Å². The minimum atomic E-state index is -0.170. The van der Waals surface area contributed by atoms with Crippen molar-refractivity contribution in [3.8, 4) is 16.9 Å². The van der Waals surface area contributed by atoms with E-state index in [2.05, 4.69) is 42.2 Å². The lowest BCUT2D eigenvalue weighted by molar-refractivity contribution is -0.116. The minimum Gasteiger partial charge on any atom is -0.496 e. The van der Waals surface area contributed by atoms with Gasteiger partial charge in [0, 0.05) is 35.2 Å². The van der Waals surface area contributed by atoms with Crippen LogP contribution in [0.2, 0.25) is 0 Å². The fourth-order valence-electron chi connectivity index (χ4n) is 3.70. The van der Waals surface area contributed by atoms with E-state index < -0.39 is 0 Å². The second-order valence-corrected chi connectivity index (χ2v) is 7.09. The van der Waals surface area contributed by atoms with Crippen molar-refractivity contribution < 1.29 is 13.9 Å². The van der Waals surface area contributed by atoms with Gasteiger partial charge in [0.15, 0.2) is 0 Å². The Hall–Kier alpha value is -3.79. The Bertz CT molecular complexity index is 1270. The summed E-state index contributed by atoms with van der Waals surface area (Å²) < 4.78 is 11.4. The third kappa shape index (κ3) is 3.60. The van der Waals surface area contributed by atoms with Gasteiger partial charge in [-0.15, -0.1) is 6.58 Å². The van der Waals surface area contributed by atoms with E-state index in [1.807, 2.05) is 31.2 Å². The molecular weight excluding hydrogens is 374 g/mol. The van der Waals surface area contributed by atoms with Crippen molar-refractivity contribution in [2.45, 2.75) is 6.92 Å². The van der Waals surface area contributed by atoms with Crippen molar-refractivity contribution in [3.63, 3.8) is 0 Å². The predicted octanol–water partition coefficient (Wildman–Crippen LogP) is 5.97. The van der Waals surface area contributed by atoms with Crippen LogP contribution < -0.4 is 10.1 Å². The van der Waals surface area contributed by atoms with E-state index in [0.717, 1.165) is 38.6 Å². The predicted molar refractivity (Wildman–Crippen MR) is 123 cm³/mol. The first-order chi connectivity index (χ1) is 14.6. The highest BCUT2D eigenvalue weighted by Gasteiger charge is 2.16. The van der Waals surface area contributed by atoms with Crippen LogP contribution >= 0.6 is 0 Å². The van der Waals surface area contributed by atoms with E-state index in [0.29, 0.717) is 12.3 Å². The summed E-state index contributed by atoms with van der Waals surface area (Å²) in [7, 11) is 1.62. The molecule has 0 unspecified atom stereocenters. The van der Waals surface area contributed by atoms with Gasteiger partial charge in [0.1, 0.15) is 11.3 Å². The number of carbonyl (C=O) groups excluding carboxylic acids is 1. The highest BCUT2D eigenvalue weighted by Crippen LogP contribution is 2.39. The zero-order valence-corrected chi connectivity index (χ0v) is 17.1. The summed E-state index contributed by atoms with van der Waals surface area (Å²) in [5.41, 5.74) is 4.51. The molecule has 1 aromatic heterocycles. The highest BCUT2D eigenvalue weighted by atomic mass is 16.5. The van der Waals surface area contributed by atoms with Crippen molar-refractivity contribution in [2.75, 3.05) is 13.7 Å². The lowest BCUT2D eigenvalue weighted by atomic mass is 9.96. The van der Waals surface area contributed by atoms with Crippen LogP contribution in [0.15, 0.2) is 84.0 Å². The van der Waals surface area contributed by atoms with Crippen LogP contribution in [0.4, 0.5) is 0 Å². The number of furan rings is 1. The average molecular weight is 397 g/mol. The molecular formula is C26H23NO3. The first-order valence-corrected chi connectivity index (χ1v) is 9.77. The third-order valence-electron chi connectivity index (χ3n) is 5.17. The summed E-state index contributed by atoms with van der Waals surface area (Å²) in [6.45, 7) is 5.94. The van der Waals surface area contributed by atoms with Gasteiger partial charge in [0.05, 0.1) is 13.4 Å². The Balaban J connectivity index is 1.87. The molecule has 0 aliphatic heterocycles. The van der Waals surface area contributed by atoms with Gasteiger partial charge in [-0.3, -0.25) is 4.79 Å². The van der Waals surface area contributed by atoms with E-state index in [1.165, 1.54) is 5.39 Å². The van der Waals surface area contributed by atoms with Crippen LogP contribution in [-0.4, -0.2) is 19.6 Å². The molecule has 0 spiro atoms. The normalized spacial score (nSPS) is 11.6. The summed E-state index contributed by atoms with van der Waals surface area (Å²) in [6, 6.07) is 18.4. The molecule has 4 nitrogen and oxygen atoms in total. The van der Waals surface area contributed by atoms with Gasteiger partial charge in [-0.2, -0.15) is 0 Å². The first-order valence-electron chi connectivity index (χ1n) is 9.77. The van der Waals surface area contributed by atoms with Gasteiger partial charge >= 0.3 is 0 Å². The maximum absolute atomic E-state index is 12.1. The number of rotatable bonds is 6. The number of nitrogens with one attached hydrogen (secondary N) is 1.